The summed E-state index contributed by atoms with van der Waals surface area (Å²) >= 11 is 0. The molecule has 3 aromatic rings. The number of aliphatic imine (C=N–C) groups is 1. The molecule has 0 aliphatic carbocycles. The molecule has 132 valence electrons. The molecule has 2 nitrogen and oxygen atoms in total. The molecule has 0 bridgehead atoms. The van der Waals surface area contributed by atoms with Crippen LogP contribution in [0.2, 0.25) is 0 Å². The summed E-state index contributed by atoms with van der Waals surface area (Å²) in [4.78, 5) is 4.68. The van der Waals surface area contributed by atoms with Gasteiger partial charge in [0.05, 0.1) is 0 Å². The second-order valence-corrected chi connectivity index (χ2v) is 6.44. The van der Waals surface area contributed by atoms with E-state index in [9.17, 15) is 5.11 Å². The van der Waals surface area contributed by atoms with Gasteiger partial charge in [0.15, 0.2) is 0 Å². The molecule has 0 saturated heterocycles. The number of hydrogen-bond acceptors (Lipinski definition) is 2. The summed E-state index contributed by atoms with van der Waals surface area (Å²) in [5.74, 6) is 0.283. The first-order chi connectivity index (χ1) is 12.7. The quantitative estimate of drug-likeness (QED) is 0.521. The van der Waals surface area contributed by atoms with Crippen molar-refractivity contribution in [2.75, 3.05) is 0 Å². The maximum absolute atomic E-state index is 10.9. The molecule has 0 aliphatic heterocycles. The number of phenolic OH excluding ortho intramolecular Hbond substituents is 1. The Morgan fingerprint density at radius 1 is 0.808 bits per heavy atom. The molecule has 0 unspecified atom stereocenters. The van der Waals surface area contributed by atoms with E-state index < -0.39 is 0 Å². The van der Waals surface area contributed by atoms with Gasteiger partial charge in [-0.3, -0.25) is 4.99 Å². The summed E-state index contributed by atoms with van der Waals surface area (Å²) in [6, 6.07) is 24.6. The van der Waals surface area contributed by atoms with E-state index in [1.807, 2.05) is 60.8 Å². The minimum Gasteiger partial charge on any atom is -0.507 e. The number of rotatable bonds is 6. The van der Waals surface area contributed by atoms with Crippen molar-refractivity contribution in [2.24, 2.45) is 4.99 Å². The third-order valence-corrected chi connectivity index (χ3v) is 4.70. The first-order valence-electron chi connectivity index (χ1n) is 9.24. The molecular formula is C24H25NO. The minimum atomic E-state index is 0.283. The molecule has 0 aromatic heterocycles. The van der Waals surface area contributed by atoms with Crippen molar-refractivity contribution in [3.8, 4) is 28.0 Å². The number of phenols is 1. The molecule has 0 fully saturated rings. The first kappa shape index (κ1) is 17.9. The Labute approximate surface area is 155 Å². The standard InChI is InChI=1S/C24H25NO/c1-3-22(4-2)25-17-21-15-20(18-11-7-5-8-12-18)16-23(24(21)26)19-13-9-6-10-14-19/h5-17,22,26H,3-4H2,1-2H3. The van der Waals surface area contributed by atoms with Gasteiger partial charge in [-0.15, -0.1) is 0 Å². The van der Waals surface area contributed by atoms with Gasteiger partial charge in [-0.1, -0.05) is 74.5 Å². The average Bonchev–Trinajstić information content (AvgIpc) is 2.71. The van der Waals surface area contributed by atoms with Gasteiger partial charge in [-0.05, 0) is 41.7 Å². The monoisotopic (exact) mass is 343 g/mol. The lowest BCUT2D eigenvalue weighted by Gasteiger charge is -2.13. The van der Waals surface area contributed by atoms with Crippen LogP contribution in [-0.2, 0) is 0 Å². The Balaban J connectivity index is 2.14. The summed E-state index contributed by atoms with van der Waals surface area (Å²) < 4.78 is 0. The topological polar surface area (TPSA) is 32.6 Å². The molecule has 1 N–H and O–H groups in total. The third-order valence-electron chi connectivity index (χ3n) is 4.70. The molecule has 0 amide bonds. The predicted octanol–water partition coefficient (Wildman–Crippen LogP) is 6.33. The molecule has 26 heavy (non-hydrogen) atoms. The normalized spacial score (nSPS) is 11.3. The van der Waals surface area contributed by atoms with Gasteiger partial charge < -0.3 is 5.11 Å². The lowest BCUT2D eigenvalue weighted by molar-refractivity contribution is 0.476. The van der Waals surface area contributed by atoms with Crippen LogP contribution < -0.4 is 0 Å². The lowest BCUT2D eigenvalue weighted by atomic mass is 9.95. The van der Waals surface area contributed by atoms with Gasteiger partial charge in [-0.2, -0.15) is 0 Å². The molecule has 0 heterocycles. The summed E-state index contributed by atoms with van der Waals surface area (Å²) in [6.07, 6.45) is 3.82. The van der Waals surface area contributed by atoms with Crippen LogP contribution in [-0.4, -0.2) is 17.4 Å². The second kappa shape index (κ2) is 8.48. The van der Waals surface area contributed by atoms with Gasteiger partial charge in [0, 0.05) is 23.4 Å². The van der Waals surface area contributed by atoms with Crippen molar-refractivity contribution >= 4 is 6.21 Å². The zero-order valence-corrected chi connectivity index (χ0v) is 15.4. The Morgan fingerprint density at radius 3 is 1.96 bits per heavy atom. The average molecular weight is 343 g/mol. The minimum absolute atomic E-state index is 0.283. The van der Waals surface area contributed by atoms with Crippen molar-refractivity contribution in [3.63, 3.8) is 0 Å². The largest absolute Gasteiger partial charge is 0.507 e. The highest BCUT2D eigenvalue weighted by atomic mass is 16.3. The highest BCUT2D eigenvalue weighted by Crippen LogP contribution is 2.36. The van der Waals surface area contributed by atoms with Crippen molar-refractivity contribution in [1.29, 1.82) is 0 Å². The number of nitrogens with zero attached hydrogens (tertiary/aromatic N) is 1. The maximum atomic E-state index is 10.9. The molecule has 0 atom stereocenters. The van der Waals surface area contributed by atoms with Crippen LogP contribution in [0.3, 0.4) is 0 Å². The third kappa shape index (κ3) is 4.02. The van der Waals surface area contributed by atoms with Crippen LogP contribution >= 0.6 is 0 Å². The second-order valence-electron chi connectivity index (χ2n) is 6.44. The van der Waals surface area contributed by atoms with Crippen LogP contribution in [0.1, 0.15) is 32.3 Å². The van der Waals surface area contributed by atoms with E-state index in [4.69, 9.17) is 0 Å². The number of aromatic hydroxyl groups is 1. The van der Waals surface area contributed by atoms with Crippen LogP contribution in [0.25, 0.3) is 22.3 Å². The lowest BCUT2D eigenvalue weighted by Crippen LogP contribution is -2.01. The van der Waals surface area contributed by atoms with Gasteiger partial charge >= 0.3 is 0 Å². The molecule has 0 spiro atoms. The van der Waals surface area contributed by atoms with Crippen LogP contribution in [0.15, 0.2) is 77.8 Å². The highest BCUT2D eigenvalue weighted by molar-refractivity contribution is 5.92. The van der Waals surface area contributed by atoms with Crippen LogP contribution in [0.4, 0.5) is 0 Å². The van der Waals surface area contributed by atoms with E-state index in [-0.39, 0.29) is 11.8 Å². The highest BCUT2D eigenvalue weighted by Gasteiger charge is 2.12. The predicted molar refractivity (Wildman–Crippen MR) is 111 cm³/mol. The summed E-state index contributed by atoms with van der Waals surface area (Å²) in [6.45, 7) is 4.28. The van der Waals surface area contributed by atoms with Crippen molar-refractivity contribution in [3.05, 3.63) is 78.4 Å². The van der Waals surface area contributed by atoms with E-state index in [1.165, 1.54) is 0 Å². The Hall–Kier alpha value is -2.87. The van der Waals surface area contributed by atoms with Gasteiger partial charge in [0.2, 0.25) is 0 Å². The smallest absolute Gasteiger partial charge is 0.132 e. The van der Waals surface area contributed by atoms with Gasteiger partial charge in [0.1, 0.15) is 5.75 Å². The zero-order chi connectivity index (χ0) is 18.4. The number of hydrogen-bond donors (Lipinski definition) is 1. The summed E-state index contributed by atoms with van der Waals surface area (Å²) in [5, 5.41) is 10.9. The molecule has 0 aliphatic rings. The molecule has 2 heteroatoms. The van der Waals surface area contributed by atoms with E-state index in [2.05, 4.69) is 37.0 Å². The number of benzene rings is 3. The van der Waals surface area contributed by atoms with Gasteiger partial charge in [0.25, 0.3) is 0 Å². The molecule has 3 rings (SSSR count). The fourth-order valence-corrected chi connectivity index (χ4v) is 3.08. The summed E-state index contributed by atoms with van der Waals surface area (Å²) in [7, 11) is 0. The van der Waals surface area contributed by atoms with E-state index in [0.29, 0.717) is 0 Å². The molecule has 0 saturated carbocycles. The zero-order valence-electron chi connectivity index (χ0n) is 15.4. The van der Waals surface area contributed by atoms with E-state index in [0.717, 1.165) is 40.7 Å². The Kier molecular flexibility index (Phi) is 5.85. The first-order valence-corrected chi connectivity index (χ1v) is 9.24. The Morgan fingerprint density at radius 2 is 1.38 bits per heavy atom. The summed E-state index contributed by atoms with van der Waals surface area (Å²) in [5.41, 5.74) is 4.80. The molecule has 0 radical (unpaired) electrons. The van der Waals surface area contributed by atoms with Crippen LogP contribution in [0.5, 0.6) is 5.75 Å². The Bertz CT molecular complexity index is 865. The van der Waals surface area contributed by atoms with Crippen molar-refractivity contribution in [1.82, 2.24) is 0 Å². The molecule has 3 aromatic carbocycles. The van der Waals surface area contributed by atoms with Crippen LogP contribution in [0, 0.1) is 0 Å². The van der Waals surface area contributed by atoms with Gasteiger partial charge in [-0.25, -0.2) is 0 Å². The fraction of sp³-hybridized carbons (Fsp3) is 0.208. The van der Waals surface area contributed by atoms with Crippen molar-refractivity contribution in [2.45, 2.75) is 32.7 Å². The van der Waals surface area contributed by atoms with Crippen molar-refractivity contribution < 1.29 is 5.11 Å². The SMILES string of the molecule is CCC(CC)N=Cc1cc(-c2ccccc2)cc(-c2ccccc2)c1O. The van der Waals surface area contributed by atoms with E-state index >= 15 is 0 Å². The fourth-order valence-electron chi connectivity index (χ4n) is 3.08. The molecular weight excluding hydrogens is 318 g/mol. The van der Waals surface area contributed by atoms with E-state index in [1.54, 1.807) is 0 Å². The maximum Gasteiger partial charge on any atom is 0.132 e.